The monoisotopic (exact) mass is 238 g/mol. The highest BCUT2D eigenvalue weighted by atomic mass is 15.2. The molecule has 2 nitrogen and oxygen atoms in total. The summed E-state index contributed by atoms with van der Waals surface area (Å²) in [6.07, 6.45) is 0. The van der Waals surface area contributed by atoms with E-state index in [2.05, 4.69) is 54.3 Å². The molecule has 92 valence electrons. The molecule has 1 atom stereocenters. The van der Waals surface area contributed by atoms with Gasteiger partial charge in [-0.15, -0.1) is 0 Å². The van der Waals surface area contributed by atoms with Crippen molar-refractivity contribution in [3.8, 4) is 0 Å². The van der Waals surface area contributed by atoms with Crippen molar-refractivity contribution in [3.63, 3.8) is 0 Å². The third-order valence-corrected chi connectivity index (χ3v) is 3.69. The summed E-state index contributed by atoms with van der Waals surface area (Å²) < 4.78 is 0. The van der Waals surface area contributed by atoms with Crippen LogP contribution in [0.4, 0.5) is 5.69 Å². The molecule has 0 saturated heterocycles. The first-order valence-corrected chi connectivity index (χ1v) is 6.41. The van der Waals surface area contributed by atoms with Crippen molar-refractivity contribution < 1.29 is 0 Å². The molecule has 0 saturated carbocycles. The predicted octanol–water partition coefficient (Wildman–Crippen LogP) is 3.02. The zero-order valence-corrected chi connectivity index (χ0v) is 10.6. The number of benzene rings is 2. The summed E-state index contributed by atoms with van der Waals surface area (Å²) in [5.74, 6) is 0. The van der Waals surface area contributed by atoms with Gasteiger partial charge in [-0.25, -0.2) is 0 Å². The first-order valence-electron chi connectivity index (χ1n) is 6.41. The van der Waals surface area contributed by atoms with Crippen molar-refractivity contribution in [2.24, 2.45) is 5.73 Å². The number of nitrogens with two attached hydrogens (primary N) is 1. The number of para-hydroxylation sites is 1. The van der Waals surface area contributed by atoms with E-state index < -0.39 is 0 Å². The molecule has 1 heterocycles. The summed E-state index contributed by atoms with van der Waals surface area (Å²) in [6, 6.07) is 17.5. The molecule has 0 spiro atoms. The number of hydrogen-bond donors (Lipinski definition) is 1. The van der Waals surface area contributed by atoms with E-state index in [4.69, 9.17) is 5.73 Å². The number of fused-ring (bicyclic) bond motifs is 1. The van der Waals surface area contributed by atoms with Crippen LogP contribution in [0, 0.1) is 6.92 Å². The number of nitrogens with zero attached hydrogens (tertiary/aromatic N) is 1. The summed E-state index contributed by atoms with van der Waals surface area (Å²) >= 11 is 0. The third-order valence-electron chi connectivity index (χ3n) is 3.69. The molecule has 0 amide bonds. The Morgan fingerprint density at radius 2 is 1.94 bits per heavy atom. The summed E-state index contributed by atoms with van der Waals surface area (Å²) in [7, 11) is 0. The van der Waals surface area contributed by atoms with Crippen LogP contribution in [0.3, 0.4) is 0 Å². The van der Waals surface area contributed by atoms with Gasteiger partial charge in [0.2, 0.25) is 0 Å². The maximum absolute atomic E-state index is 5.98. The van der Waals surface area contributed by atoms with Gasteiger partial charge in [0.1, 0.15) is 0 Å². The fourth-order valence-corrected chi connectivity index (χ4v) is 2.78. The van der Waals surface area contributed by atoms with Gasteiger partial charge < -0.3 is 10.6 Å². The van der Waals surface area contributed by atoms with Crippen molar-refractivity contribution in [1.82, 2.24) is 0 Å². The van der Waals surface area contributed by atoms with E-state index in [0.717, 1.165) is 6.54 Å². The summed E-state index contributed by atoms with van der Waals surface area (Å²) in [6.45, 7) is 3.76. The minimum absolute atomic E-state index is 0.308. The van der Waals surface area contributed by atoms with Crippen LogP contribution in [-0.4, -0.2) is 6.54 Å². The van der Waals surface area contributed by atoms with E-state index in [1.165, 1.54) is 22.4 Å². The molecule has 0 bridgehead atoms. The second kappa shape index (κ2) is 4.46. The normalized spacial score (nSPS) is 17.9. The molecule has 0 radical (unpaired) electrons. The van der Waals surface area contributed by atoms with E-state index >= 15 is 0 Å². The summed E-state index contributed by atoms with van der Waals surface area (Å²) in [4.78, 5) is 2.39. The van der Waals surface area contributed by atoms with Gasteiger partial charge in [0, 0.05) is 18.8 Å². The van der Waals surface area contributed by atoms with Crippen LogP contribution >= 0.6 is 0 Å². The van der Waals surface area contributed by atoms with E-state index in [-0.39, 0.29) is 0 Å². The standard InChI is InChI=1S/C16H18N2/c1-12-7-8-13-11-18(14-5-3-2-4-6-14)16(10-17)15(13)9-12/h2-9,16H,10-11,17H2,1H3. The maximum atomic E-state index is 5.98. The van der Waals surface area contributed by atoms with Crippen molar-refractivity contribution in [2.75, 3.05) is 11.4 Å². The molecule has 18 heavy (non-hydrogen) atoms. The van der Waals surface area contributed by atoms with Gasteiger partial charge in [-0.3, -0.25) is 0 Å². The highest BCUT2D eigenvalue weighted by molar-refractivity contribution is 5.55. The van der Waals surface area contributed by atoms with Crippen molar-refractivity contribution in [2.45, 2.75) is 19.5 Å². The Bertz CT molecular complexity index is 548. The largest absolute Gasteiger partial charge is 0.359 e. The molecular formula is C16H18N2. The maximum Gasteiger partial charge on any atom is 0.0672 e. The van der Waals surface area contributed by atoms with Crippen LogP contribution in [0.15, 0.2) is 48.5 Å². The summed E-state index contributed by atoms with van der Waals surface area (Å²) in [5.41, 5.74) is 11.3. The van der Waals surface area contributed by atoms with Crippen LogP contribution in [0.5, 0.6) is 0 Å². The van der Waals surface area contributed by atoms with Gasteiger partial charge in [0.15, 0.2) is 0 Å². The van der Waals surface area contributed by atoms with Crippen LogP contribution in [0.2, 0.25) is 0 Å². The number of anilines is 1. The zero-order valence-electron chi connectivity index (χ0n) is 10.6. The lowest BCUT2D eigenvalue weighted by Crippen LogP contribution is -2.27. The minimum atomic E-state index is 0.308. The highest BCUT2D eigenvalue weighted by Gasteiger charge is 2.28. The molecule has 0 fully saturated rings. The van der Waals surface area contributed by atoms with Gasteiger partial charge in [-0.2, -0.15) is 0 Å². The minimum Gasteiger partial charge on any atom is -0.359 e. The zero-order chi connectivity index (χ0) is 12.5. The molecule has 2 heteroatoms. The lowest BCUT2D eigenvalue weighted by Gasteiger charge is -2.26. The van der Waals surface area contributed by atoms with Gasteiger partial charge in [-0.1, -0.05) is 42.0 Å². The SMILES string of the molecule is Cc1ccc2c(c1)C(CN)N(c1ccccc1)C2. The Labute approximate surface area is 108 Å². The smallest absolute Gasteiger partial charge is 0.0672 e. The molecule has 1 aliphatic heterocycles. The number of aryl methyl sites for hydroxylation is 1. The lowest BCUT2D eigenvalue weighted by molar-refractivity contribution is 0.679. The van der Waals surface area contributed by atoms with Gasteiger partial charge in [0.25, 0.3) is 0 Å². The van der Waals surface area contributed by atoms with E-state index in [9.17, 15) is 0 Å². The lowest BCUT2D eigenvalue weighted by atomic mass is 10.0. The average molecular weight is 238 g/mol. The topological polar surface area (TPSA) is 29.3 Å². The molecular weight excluding hydrogens is 220 g/mol. The van der Waals surface area contributed by atoms with Crippen LogP contribution < -0.4 is 10.6 Å². The quantitative estimate of drug-likeness (QED) is 0.871. The predicted molar refractivity (Wildman–Crippen MR) is 75.6 cm³/mol. The van der Waals surface area contributed by atoms with Crippen LogP contribution in [0.1, 0.15) is 22.7 Å². The Morgan fingerprint density at radius 3 is 2.67 bits per heavy atom. The number of hydrogen-bond acceptors (Lipinski definition) is 2. The van der Waals surface area contributed by atoms with Crippen molar-refractivity contribution in [3.05, 3.63) is 65.2 Å². The average Bonchev–Trinajstić information content (AvgIpc) is 2.77. The Balaban J connectivity index is 2.02. The third kappa shape index (κ3) is 1.79. The van der Waals surface area contributed by atoms with Gasteiger partial charge in [0.05, 0.1) is 6.04 Å². The van der Waals surface area contributed by atoms with E-state index in [0.29, 0.717) is 12.6 Å². The Kier molecular flexibility index (Phi) is 2.80. The first-order chi connectivity index (χ1) is 8.79. The highest BCUT2D eigenvalue weighted by Crippen LogP contribution is 2.37. The molecule has 2 aromatic carbocycles. The number of rotatable bonds is 2. The molecule has 2 aromatic rings. The Morgan fingerprint density at radius 1 is 1.17 bits per heavy atom. The Hall–Kier alpha value is -1.80. The van der Waals surface area contributed by atoms with Crippen molar-refractivity contribution in [1.29, 1.82) is 0 Å². The molecule has 3 rings (SSSR count). The molecule has 0 aromatic heterocycles. The van der Waals surface area contributed by atoms with Gasteiger partial charge in [-0.05, 0) is 30.2 Å². The van der Waals surface area contributed by atoms with E-state index in [1.807, 2.05) is 6.07 Å². The fourth-order valence-electron chi connectivity index (χ4n) is 2.78. The van der Waals surface area contributed by atoms with Crippen LogP contribution in [0.25, 0.3) is 0 Å². The summed E-state index contributed by atoms with van der Waals surface area (Å²) in [5, 5.41) is 0. The second-order valence-electron chi connectivity index (χ2n) is 4.92. The van der Waals surface area contributed by atoms with Crippen molar-refractivity contribution >= 4 is 5.69 Å². The first kappa shape index (κ1) is 11.3. The molecule has 2 N–H and O–H groups in total. The molecule has 1 unspecified atom stereocenters. The molecule has 1 aliphatic rings. The van der Waals surface area contributed by atoms with E-state index in [1.54, 1.807) is 0 Å². The fraction of sp³-hybridized carbons (Fsp3) is 0.250. The van der Waals surface area contributed by atoms with Gasteiger partial charge >= 0.3 is 0 Å². The second-order valence-corrected chi connectivity index (χ2v) is 4.92. The van der Waals surface area contributed by atoms with Crippen LogP contribution in [-0.2, 0) is 6.54 Å². The molecule has 0 aliphatic carbocycles.